The second-order valence-electron chi connectivity index (χ2n) is 5.87. The van der Waals surface area contributed by atoms with Gasteiger partial charge in [-0.1, -0.05) is 61.7 Å². The van der Waals surface area contributed by atoms with Crippen LogP contribution in [0.15, 0.2) is 48.5 Å². The van der Waals surface area contributed by atoms with Gasteiger partial charge in [-0.25, -0.2) is 0 Å². The summed E-state index contributed by atoms with van der Waals surface area (Å²) < 4.78 is 0. The molecule has 21 heavy (non-hydrogen) atoms. The van der Waals surface area contributed by atoms with Gasteiger partial charge in [-0.15, -0.1) is 0 Å². The maximum atomic E-state index is 11.5. The van der Waals surface area contributed by atoms with Crippen LogP contribution in [-0.2, 0) is 0 Å². The molecule has 2 N–H and O–H groups in total. The summed E-state index contributed by atoms with van der Waals surface area (Å²) in [5.74, 6) is 0.334. The van der Waals surface area contributed by atoms with Gasteiger partial charge in [-0.2, -0.15) is 0 Å². The van der Waals surface area contributed by atoms with E-state index in [4.69, 9.17) is 5.73 Å². The second-order valence-corrected chi connectivity index (χ2v) is 5.87. The Morgan fingerprint density at radius 1 is 0.905 bits per heavy atom. The molecule has 0 saturated heterocycles. The second kappa shape index (κ2) is 6.13. The predicted octanol–water partition coefficient (Wildman–Crippen LogP) is 4.50. The number of carbonyl (C=O) groups is 1. The highest BCUT2D eigenvalue weighted by molar-refractivity contribution is 5.99. The SMILES string of the molecule is NC(=O)c1ccccc1-c1ccc(C2CCCCC2)cc1. The normalized spacial score (nSPS) is 15.8. The highest BCUT2D eigenvalue weighted by Crippen LogP contribution is 2.33. The van der Waals surface area contributed by atoms with Crippen LogP contribution in [0.4, 0.5) is 0 Å². The van der Waals surface area contributed by atoms with Crippen molar-refractivity contribution in [1.29, 1.82) is 0 Å². The number of hydrogen-bond donors (Lipinski definition) is 1. The lowest BCUT2D eigenvalue weighted by Crippen LogP contribution is -2.12. The lowest BCUT2D eigenvalue weighted by molar-refractivity contribution is 0.100. The lowest BCUT2D eigenvalue weighted by Gasteiger charge is -2.22. The van der Waals surface area contributed by atoms with E-state index in [1.807, 2.05) is 18.2 Å². The van der Waals surface area contributed by atoms with Crippen molar-refractivity contribution in [3.05, 3.63) is 59.7 Å². The number of primary amides is 1. The molecule has 1 aliphatic rings. The fraction of sp³-hybridized carbons (Fsp3) is 0.316. The maximum Gasteiger partial charge on any atom is 0.249 e. The molecule has 1 amide bonds. The average Bonchev–Trinajstić information content (AvgIpc) is 2.56. The first-order valence-corrected chi connectivity index (χ1v) is 7.75. The van der Waals surface area contributed by atoms with Crippen LogP contribution >= 0.6 is 0 Å². The van der Waals surface area contributed by atoms with E-state index < -0.39 is 0 Å². The summed E-state index contributed by atoms with van der Waals surface area (Å²) >= 11 is 0. The van der Waals surface area contributed by atoms with Gasteiger partial charge in [-0.3, -0.25) is 4.79 Å². The fourth-order valence-electron chi connectivity index (χ4n) is 3.32. The predicted molar refractivity (Wildman–Crippen MR) is 86.2 cm³/mol. The van der Waals surface area contributed by atoms with Crippen molar-refractivity contribution >= 4 is 5.91 Å². The van der Waals surface area contributed by atoms with E-state index in [-0.39, 0.29) is 5.91 Å². The molecule has 2 heteroatoms. The Morgan fingerprint density at radius 3 is 2.24 bits per heavy atom. The number of rotatable bonds is 3. The molecule has 1 fully saturated rings. The molecule has 0 aliphatic heterocycles. The van der Waals surface area contributed by atoms with Crippen molar-refractivity contribution in [2.45, 2.75) is 38.0 Å². The third-order valence-corrected chi connectivity index (χ3v) is 4.49. The molecular weight excluding hydrogens is 258 g/mol. The number of amides is 1. The Labute approximate surface area is 126 Å². The van der Waals surface area contributed by atoms with Gasteiger partial charge >= 0.3 is 0 Å². The Hall–Kier alpha value is -2.09. The van der Waals surface area contributed by atoms with Gasteiger partial charge in [0.05, 0.1) is 0 Å². The van der Waals surface area contributed by atoms with E-state index in [9.17, 15) is 4.79 Å². The molecule has 0 bridgehead atoms. The average molecular weight is 279 g/mol. The van der Waals surface area contributed by atoms with Crippen molar-refractivity contribution < 1.29 is 4.79 Å². The lowest BCUT2D eigenvalue weighted by atomic mass is 9.83. The smallest absolute Gasteiger partial charge is 0.249 e. The van der Waals surface area contributed by atoms with Gasteiger partial charge in [0.15, 0.2) is 0 Å². The van der Waals surface area contributed by atoms with Crippen molar-refractivity contribution in [2.75, 3.05) is 0 Å². The Balaban J connectivity index is 1.89. The van der Waals surface area contributed by atoms with Gasteiger partial charge in [0.2, 0.25) is 5.91 Å². The van der Waals surface area contributed by atoms with E-state index in [0.717, 1.165) is 11.1 Å². The summed E-state index contributed by atoms with van der Waals surface area (Å²) in [7, 11) is 0. The summed E-state index contributed by atoms with van der Waals surface area (Å²) in [4.78, 5) is 11.5. The summed E-state index contributed by atoms with van der Waals surface area (Å²) in [6, 6.07) is 16.2. The summed E-state index contributed by atoms with van der Waals surface area (Å²) in [5.41, 5.74) is 9.45. The molecule has 0 unspecified atom stereocenters. The van der Waals surface area contributed by atoms with Crippen LogP contribution in [0.3, 0.4) is 0 Å². The van der Waals surface area contributed by atoms with Gasteiger partial charge in [0.1, 0.15) is 0 Å². The van der Waals surface area contributed by atoms with Crippen LogP contribution in [0.1, 0.15) is 53.9 Å². The van der Waals surface area contributed by atoms with E-state index in [1.165, 1.54) is 37.7 Å². The fourth-order valence-corrected chi connectivity index (χ4v) is 3.32. The number of carbonyl (C=O) groups excluding carboxylic acids is 1. The van der Waals surface area contributed by atoms with Crippen LogP contribution in [0.2, 0.25) is 0 Å². The van der Waals surface area contributed by atoms with Crippen molar-refractivity contribution in [3.63, 3.8) is 0 Å². The molecule has 2 nitrogen and oxygen atoms in total. The first-order chi connectivity index (χ1) is 10.3. The van der Waals surface area contributed by atoms with Gasteiger partial charge in [0.25, 0.3) is 0 Å². The number of nitrogens with two attached hydrogens (primary N) is 1. The van der Waals surface area contributed by atoms with E-state index in [2.05, 4.69) is 24.3 Å². The highest BCUT2D eigenvalue weighted by atomic mass is 16.1. The zero-order valence-electron chi connectivity index (χ0n) is 12.2. The van der Waals surface area contributed by atoms with Crippen molar-refractivity contribution in [2.24, 2.45) is 5.73 Å². The van der Waals surface area contributed by atoms with Crippen molar-refractivity contribution in [3.8, 4) is 11.1 Å². The van der Waals surface area contributed by atoms with E-state index in [1.54, 1.807) is 6.07 Å². The molecule has 0 spiro atoms. The minimum atomic E-state index is -0.373. The van der Waals surface area contributed by atoms with E-state index >= 15 is 0 Å². The van der Waals surface area contributed by atoms with Crippen LogP contribution in [0.25, 0.3) is 11.1 Å². The monoisotopic (exact) mass is 279 g/mol. The molecule has 3 rings (SSSR count). The molecular formula is C19H21NO. The number of hydrogen-bond acceptors (Lipinski definition) is 1. The molecule has 0 atom stereocenters. The molecule has 0 radical (unpaired) electrons. The van der Waals surface area contributed by atoms with E-state index in [0.29, 0.717) is 11.5 Å². The van der Waals surface area contributed by atoms with Gasteiger partial charge in [-0.05, 0) is 41.5 Å². The molecule has 1 aliphatic carbocycles. The minimum absolute atomic E-state index is 0.373. The first kappa shape index (κ1) is 13.9. The van der Waals surface area contributed by atoms with Crippen LogP contribution in [-0.4, -0.2) is 5.91 Å². The molecule has 1 saturated carbocycles. The Morgan fingerprint density at radius 2 is 1.57 bits per heavy atom. The first-order valence-electron chi connectivity index (χ1n) is 7.75. The standard InChI is InChI=1S/C19H21NO/c20-19(21)18-9-5-4-8-17(18)16-12-10-15(11-13-16)14-6-2-1-3-7-14/h4-5,8-14H,1-3,6-7H2,(H2,20,21). The van der Waals surface area contributed by atoms with Gasteiger partial charge < -0.3 is 5.73 Å². The van der Waals surface area contributed by atoms with Crippen molar-refractivity contribution in [1.82, 2.24) is 0 Å². The third kappa shape index (κ3) is 2.99. The Bertz CT molecular complexity index is 624. The zero-order chi connectivity index (χ0) is 14.7. The highest BCUT2D eigenvalue weighted by Gasteiger charge is 2.16. The summed E-state index contributed by atoms with van der Waals surface area (Å²) in [5, 5.41) is 0. The molecule has 2 aromatic carbocycles. The van der Waals surface area contributed by atoms with Crippen LogP contribution in [0.5, 0.6) is 0 Å². The topological polar surface area (TPSA) is 43.1 Å². The molecule has 0 aromatic heterocycles. The van der Waals surface area contributed by atoms with Gasteiger partial charge in [0, 0.05) is 5.56 Å². The zero-order valence-corrected chi connectivity index (χ0v) is 12.2. The number of benzene rings is 2. The largest absolute Gasteiger partial charge is 0.366 e. The molecule has 2 aromatic rings. The molecule has 0 heterocycles. The van der Waals surface area contributed by atoms with Crippen LogP contribution in [0, 0.1) is 0 Å². The minimum Gasteiger partial charge on any atom is -0.366 e. The van der Waals surface area contributed by atoms with Crippen LogP contribution < -0.4 is 5.73 Å². The third-order valence-electron chi connectivity index (χ3n) is 4.49. The molecule has 108 valence electrons. The quantitative estimate of drug-likeness (QED) is 0.883. The Kier molecular flexibility index (Phi) is 4.05. The summed E-state index contributed by atoms with van der Waals surface area (Å²) in [6.07, 6.45) is 6.67. The summed E-state index contributed by atoms with van der Waals surface area (Å²) in [6.45, 7) is 0. The maximum absolute atomic E-state index is 11.5.